The van der Waals surface area contributed by atoms with Crippen LogP contribution in [0.4, 0.5) is 10.1 Å². The predicted molar refractivity (Wildman–Crippen MR) is 117 cm³/mol. The van der Waals surface area contributed by atoms with E-state index in [0.717, 1.165) is 6.42 Å². The Labute approximate surface area is 185 Å². The zero-order valence-corrected chi connectivity index (χ0v) is 17.8. The van der Waals surface area contributed by atoms with Gasteiger partial charge in [0.25, 0.3) is 5.91 Å². The van der Waals surface area contributed by atoms with E-state index >= 15 is 0 Å². The fourth-order valence-electron chi connectivity index (χ4n) is 4.15. The highest BCUT2D eigenvalue weighted by Crippen LogP contribution is 2.30. The van der Waals surface area contributed by atoms with Gasteiger partial charge in [-0.3, -0.25) is 9.59 Å². The van der Waals surface area contributed by atoms with Gasteiger partial charge in [-0.2, -0.15) is 0 Å². The highest BCUT2D eigenvalue weighted by molar-refractivity contribution is 6.30. The summed E-state index contributed by atoms with van der Waals surface area (Å²) in [5, 5.41) is 6.35. The second-order valence-corrected chi connectivity index (χ2v) is 8.21. The molecule has 2 saturated heterocycles. The van der Waals surface area contributed by atoms with Crippen LogP contribution in [0.15, 0.2) is 42.5 Å². The Hall–Kier alpha value is -2.48. The number of rotatable bonds is 5. The Morgan fingerprint density at radius 2 is 2.13 bits per heavy atom. The van der Waals surface area contributed by atoms with Crippen LogP contribution in [0.25, 0.3) is 0 Å². The quantitative estimate of drug-likeness (QED) is 0.740. The van der Waals surface area contributed by atoms with Crippen molar-refractivity contribution in [2.75, 3.05) is 37.7 Å². The Bertz CT molecular complexity index is 971. The van der Waals surface area contributed by atoms with Crippen LogP contribution in [0.2, 0.25) is 5.02 Å². The molecule has 2 N–H and O–H groups in total. The standard InChI is InChI=1S/C23H25ClFN3O3/c24-18-8-7-15(12-19(18)25)22-16(13-26-9-11-31-22)14-27-23(30)17-4-1-2-5-20(17)28-10-3-6-21(28)29/h1-2,4-5,7-8,12,16,22,26H,3,6,9-11,13-14H2,(H,27,30). The molecule has 2 amide bonds. The molecule has 8 heteroatoms. The van der Waals surface area contributed by atoms with Gasteiger partial charge >= 0.3 is 0 Å². The first kappa shape index (κ1) is 21.7. The molecule has 2 aromatic carbocycles. The summed E-state index contributed by atoms with van der Waals surface area (Å²) in [6.07, 6.45) is 0.914. The second kappa shape index (κ2) is 9.77. The minimum atomic E-state index is -0.494. The van der Waals surface area contributed by atoms with Crippen LogP contribution in [-0.4, -0.2) is 44.6 Å². The summed E-state index contributed by atoms with van der Waals surface area (Å²) >= 11 is 5.82. The predicted octanol–water partition coefficient (Wildman–Crippen LogP) is 3.31. The van der Waals surface area contributed by atoms with Gasteiger partial charge in [-0.25, -0.2) is 4.39 Å². The first-order valence-corrected chi connectivity index (χ1v) is 10.9. The molecule has 6 nitrogen and oxygen atoms in total. The third-order valence-electron chi connectivity index (χ3n) is 5.72. The number of nitrogens with zero attached hydrogens (tertiary/aromatic N) is 1. The molecule has 0 bridgehead atoms. The van der Waals surface area contributed by atoms with Gasteiger partial charge in [0, 0.05) is 38.5 Å². The Kier molecular flexibility index (Phi) is 6.85. The lowest BCUT2D eigenvalue weighted by Crippen LogP contribution is -2.37. The molecule has 164 valence electrons. The molecule has 2 heterocycles. The fourth-order valence-corrected chi connectivity index (χ4v) is 4.27. The maximum absolute atomic E-state index is 14.0. The minimum absolute atomic E-state index is 0.0337. The van der Waals surface area contributed by atoms with Crippen LogP contribution in [0.1, 0.15) is 34.9 Å². The number of carbonyl (C=O) groups is 2. The number of halogens is 2. The molecule has 2 atom stereocenters. The smallest absolute Gasteiger partial charge is 0.253 e. The molecule has 2 aliphatic rings. The van der Waals surface area contributed by atoms with Gasteiger partial charge in [-0.05, 0) is 36.2 Å². The van der Waals surface area contributed by atoms with E-state index in [1.54, 1.807) is 29.2 Å². The third kappa shape index (κ3) is 4.89. The van der Waals surface area contributed by atoms with Crippen LogP contribution in [-0.2, 0) is 9.53 Å². The number of anilines is 1. The molecule has 4 rings (SSSR count). The van der Waals surface area contributed by atoms with E-state index in [4.69, 9.17) is 16.3 Å². The van der Waals surface area contributed by atoms with Crippen LogP contribution >= 0.6 is 11.6 Å². The number of nitrogens with one attached hydrogen (secondary N) is 2. The molecule has 0 aliphatic carbocycles. The van der Waals surface area contributed by atoms with Gasteiger partial charge in [-0.1, -0.05) is 29.8 Å². The largest absolute Gasteiger partial charge is 0.372 e. The van der Waals surface area contributed by atoms with Crippen molar-refractivity contribution in [1.82, 2.24) is 10.6 Å². The van der Waals surface area contributed by atoms with E-state index in [1.165, 1.54) is 12.1 Å². The van der Waals surface area contributed by atoms with Crippen molar-refractivity contribution in [3.63, 3.8) is 0 Å². The zero-order chi connectivity index (χ0) is 21.8. The maximum atomic E-state index is 14.0. The van der Waals surface area contributed by atoms with E-state index in [2.05, 4.69) is 10.6 Å². The lowest BCUT2D eigenvalue weighted by molar-refractivity contribution is -0.117. The van der Waals surface area contributed by atoms with Crippen LogP contribution in [0.5, 0.6) is 0 Å². The lowest BCUT2D eigenvalue weighted by Gasteiger charge is -2.26. The fraction of sp³-hybridized carbons (Fsp3) is 0.391. The normalized spacial score (nSPS) is 21.7. The Morgan fingerprint density at radius 1 is 1.29 bits per heavy atom. The van der Waals surface area contributed by atoms with Crippen molar-refractivity contribution in [2.24, 2.45) is 5.92 Å². The van der Waals surface area contributed by atoms with E-state index in [9.17, 15) is 14.0 Å². The Balaban J connectivity index is 1.50. The summed E-state index contributed by atoms with van der Waals surface area (Å²) in [5.74, 6) is -0.813. The molecular formula is C23H25ClFN3O3. The molecule has 0 aromatic heterocycles. The molecule has 2 unspecified atom stereocenters. The van der Waals surface area contributed by atoms with Gasteiger partial charge in [0.05, 0.1) is 29.0 Å². The Morgan fingerprint density at radius 3 is 2.90 bits per heavy atom. The number of ether oxygens (including phenoxy) is 1. The molecule has 31 heavy (non-hydrogen) atoms. The first-order valence-electron chi connectivity index (χ1n) is 10.5. The number of para-hydroxylation sites is 1. The molecule has 2 fully saturated rings. The average Bonchev–Trinajstić information content (AvgIpc) is 3.06. The summed E-state index contributed by atoms with van der Waals surface area (Å²) in [6.45, 7) is 2.73. The summed E-state index contributed by atoms with van der Waals surface area (Å²) in [5.41, 5.74) is 1.79. The van der Waals surface area contributed by atoms with E-state index in [-0.39, 0.29) is 28.9 Å². The van der Waals surface area contributed by atoms with Gasteiger partial charge in [0.2, 0.25) is 5.91 Å². The molecule has 0 spiro atoms. The van der Waals surface area contributed by atoms with Gasteiger partial charge in [0.15, 0.2) is 0 Å². The van der Waals surface area contributed by atoms with E-state index in [1.807, 2.05) is 6.07 Å². The number of benzene rings is 2. The molecule has 0 saturated carbocycles. The topological polar surface area (TPSA) is 70.7 Å². The van der Waals surface area contributed by atoms with Crippen molar-refractivity contribution in [2.45, 2.75) is 18.9 Å². The lowest BCUT2D eigenvalue weighted by atomic mass is 9.95. The summed E-state index contributed by atoms with van der Waals surface area (Å²) in [6, 6.07) is 11.8. The summed E-state index contributed by atoms with van der Waals surface area (Å²) in [7, 11) is 0. The summed E-state index contributed by atoms with van der Waals surface area (Å²) < 4.78 is 20.0. The average molecular weight is 446 g/mol. The highest BCUT2D eigenvalue weighted by Gasteiger charge is 2.29. The van der Waals surface area contributed by atoms with Crippen LogP contribution < -0.4 is 15.5 Å². The SMILES string of the molecule is O=C(NCC1CNCCOC1c1ccc(Cl)c(F)c1)c1ccccc1N1CCCC1=O. The van der Waals surface area contributed by atoms with Crippen LogP contribution in [0, 0.1) is 11.7 Å². The van der Waals surface area contributed by atoms with E-state index < -0.39 is 5.82 Å². The zero-order valence-electron chi connectivity index (χ0n) is 17.1. The van der Waals surface area contributed by atoms with Crippen molar-refractivity contribution in [1.29, 1.82) is 0 Å². The van der Waals surface area contributed by atoms with Crippen molar-refractivity contribution in [3.8, 4) is 0 Å². The molecular weight excluding hydrogens is 421 g/mol. The monoisotopic (exact) mass is 445 g/mol. The maximum Gasteiger partial charge on any atom is 0.253 e. The number of hydrogen-bond acceptors (Lipinski definition) is 4. The van der Waals surface area contributed by atoms with Crippen molar-refractivity contribution in [3.05, 3.63) is 64.4 Å². The third-order valence-corrected chi connectivity index (χ3v) is 6.03. The van der Waals surface area contributed by atoms with Gasteiger partial charge in [0.1, 0.15) is 5.82 Å². The van der Waals surface area contributed by atoms with Crippen molar-refractivity contribution < 1.29 is 18.7 Å². The van der Waals surface area contributed by atoms with E-state index in [0.29, 0.717) is 56.0 Å². The number of amides is 2. The molecule has 0 radical (unpaired) electrons. The molecule has 2 aliphatic heterocycles. The van der Waals surface area contributed by atoms with Crippen molar-refractivity contribution >= 4 is 29.1 Å². The highest BCUT2D eigenvalue weighted by atomic mass is 35.5. The minimum Gasteiger partial charge on any atom is -0.372 e. The summed E-state index contributed by atoms with van der Waals surface area (Å²) in [4.78, 5) is 26.9. The second-order valence-electron chi connectivity index (χ2n) is 7.81. The number of carbonyl (C=O) groups excluding carboxylic acids is 2. The van der Waals surface area contributed by atoms with Gasteiger partial charge < -0.3 is 20.3 Å². The van der Waals surface area contributed by atoms with Gasteiger partial charge in [-0.15, -0.1) is 0 Å². The van der Waals surface area contributed by atoms with Crippen LogP contribution in [0.3, 0.4) is 0 Å². The molecule has 2 aromatic rings. The first-order chi connectivity index (χ1) is 15.0. The number of hydrogen-bond donors (Lipinski definition) is 2.